The summed E-state index contributed by atoms with van der Waals surface area (Å²) in [5.41, 5.74) is 10.0. The minimum absolute atomic E-state index is 0.101. The molecule has 0 saturated heterocycles. The fraction of sp³-hybridized carbons (Fsp3) is 0.400. The summed E-state index contributed by atoms with van der Waals surface area (Å²) in [5.74, 6) is 2.73. The van der Waals surface area contributed by atoms with Crippen molar-refractivity contribution in [3.05, 3.63) is 113 Å². The topological polar surface area (TPSA) is 8.81 Å². The molecule has 3 aromatic carbocycles. The van der Waals surface area contributed by atoms with E-state index in [0.717, 1.165) is 0 Å². The number of para-hydroxylation sites is 2. The molecule has 0 bridgehead atoms. The Morgan fingerprint density at radius 1 is 0.703 bits per heavy atom. The lowest BCUT2D eigenvalue weighted by molar-refractivity contribution is -0.609. The molecule has 2 heterocycles. The van der Waals surface area contributed by atoms with Crippen molar-refractivity contribution in [3.8, 4) is 11.4 Å². The Balaban J connectivity index is 1.63. The van der Waals surface area contributed by atoms with E-state index in [1.54, 1.807) is 0 Å². The molecule has 2 aliphatic carbocycles. The van der Waals surface area contributed by atoms with Gasteiger partial charge < -0.3 is 0 Å². The molecule has 37 heavy (non-hydrogen) atoms. The summed E-state index contributed by atoms with van der Waals surface area (Å²) in [4.78, 5) is 0. The van der Waals surface area contributed by atoms with Gasteiger partial charge in [-0.15, -0.1) is 0 Å². The monoisotopic (exact) mass is 487 g/mol. The van der Waals surface area contributed by atoms with Crippen molar-refractivity contribution < 1.29 is 4.57 Å². The summed E-state index contributed by atoms with van der Waals surface area (Å²) in [7, 11) is 0. The Bertz CT molecular complexity index is 1430. The van der Waals surface area contributed by atoms with E-state index in [9.17, 15) is 0 Å². The molecule has 4 aromatic rings. The molecule has 1 unspecified atom stereocenters. The quantitative estimate of drug-likeness (QED) is 0.256. The van der Waals surface area contributed by atoms with Crippen molar-refractivity contribution >= 4 is 0 Å². The summed E-state index contributed by atoms with van der Waals surface area (Å²) >= 11 is 0. The molecule has 0 spiro atoms. The zero-order valence-electron chi connectivity index (χ0n) is 22.4. The molecule has 3 aliphatic rings. The van der Waals surface area contributed by atoms with Crippen molar-refractivity contribution in [2.75, 3.05) is 0 Å². The van der Waals surface area contributed by atoms with E-state index >= 15 is 0 Å². The molecule has 2 heteroatoms. The average molecular weight is 488 g/mol. The number of nitrogens with zero attached hydrogens (tertiary/aromatic N) is 2. The number of aromatic nitrogens is 2. The molecule has 1 atom stereocenters. The van der Waals surface area contributed by atoms with Crippen molar-refractivity contribution in [1.82, 2.24) is 4.57 Å². The van der Waals surface area contributed by atoms with Crippen LogP contribution in [0.25, 0.3) is 11.4 Å². The first-order chi connectivity index (χ1) is 18.2. The fourth-order valence-electron chi connectivity index (χ4n) is 8.33. The first-order valence-corrected chi connectivity index (χ1v) is 14.6. The normalized spacial score (nSPS) is 21.8. The van der Waals surface area contributed by atoms with Gasteiger partial charge >= 0.3 is 0 Å². The maximum absolute atomic E-state index is 2.76. The molecule has 0 radical (unpaired) electrons. The molecule has 1 aromatic heterocycles. The number of hydrogen-bond donors (Lipinski definition) is 0. The van der Waals surface area contributed by atoms with Crippen LogP contribution in [0.1, 0.15) is 97.6 Å². The third-order valence-electron chi connectivity index (χ3n) is 9.83. The lowest BCUT2D eigenvalue weighted by Crippen LogP contribution is -2.42. The van der Waals surface area contributed by atoms with E-state index in [-0.39, 0.29) is 5.41 Å². The summed E-state index contributed by atoms with van der Waals surface area (Å²) in [6, 6.07) is 29.9. The highest BCUT2D eigenvalue weighted by atomic mass is 15.2. The van der Waals surface area contributed by atoms with Crippen molar-refractivity contribution in [2.24, 2.45) is 5.92 Å². The second kappa shape index (κ2) is 9.01. The van der Waals surface area contributed by atoms with Crippen LogP contribution in [0.5, 0.6) is 0 Å². The Kier molecular flexibility index (Phi) is 5.61. The lowest BCUT2D eigenvalue weighted by Gasteiger charge is -2.35. The van der Waals surface area contributed by atoms with Gasteiger partial charge in [0.15, 0.2) is 11.4 Å². The predicted octanol–water partition coefficient (Wildman–Crippen LogP) is 8.26. The molecule has 0 N–H and O–H groups in total. The first kappa shape index (κ1) is 23.0. The Morgan fingerprint density at radius 2 is 1.35 bits per heavy atom. The van der Waals surface area contributed by atoms with E-state index in [4.69, 9.17) is 0 Å². The summed E-state index contributed by atoms with van der Waals surface area (Å²) < 4.78 is 5.45. The number of aryl methyl sites for hydroxylation is 1. The average Bonchev–Trinajstić information content (AvgIpc) is 3.65. The van der Waals surface area contributed by atoms with Crippen LogP contribution in [0.15, 0.2) is 78.9 Å². The van der Waals surface area contributed by atoms with Crippen LogP contribution in [0.2, 0.25) is 0 Å². The van der Waals surface area contributed by atoms with E-state index in [0.29, 0.717) is 11.8 Å². The van der Waals surface area contributed by atoms with E-state index < -0.39 is 0 Å². The van der Waals surface area contributed by atoms with Crippen LogP contribution >= 0.6 is 0 Å². The Hall–Kier alpha value is -3.13. The van der Waals surface area contributed by atoms with Crippen molar-refractivity contribution in [2.45, 2.75) is 83.0 Å². The molecule has 188 valence electrons. The Morgan fingerprint density at radius 3 is 2.11 bits per heavy atom. The predicted molar refractivity (Wildman–Crippen MR) is 151 cm³/mol. The minimum Gasteiger partial charge on any atom is -0.196 e. The number of hydrogen-bond acceptors (Lipinski definition) is 0. The molecule has 2 nitrogen and oxygen atoms in total. The number of fused-ring (bicyclic) bond motifs is 3. The van der Waals surface area contributed by atoms with Crippen LogP contribution < -0.4 is 4.57 Å². The van der Waals surface area contributed by atoms with E-state index in [1.807, 2.05) is 0 Å². The molecule has 1 aliphatic heterocycles. The van der Waals surface area contributed by atoms with Gasteiger partial charge in [-0.2, -0.15) is 9.13 Å². The maximum atomic E-state index is 2.76. The van der Waals surface area contributed by atoms with Crippen molar-refractivity contribution in [1.29, 1.82) is 0 Å². The summed E-state index contributed by atoms with van der Waals surface area (Å²) in [6.45, 7) is 4.70. The van der Waals surface area contributed by atoms with Gasteiger partial charge in [0.25, 0.3) is 5.82 Å². The van der Waals surface area contributed by atoms with Crippen molar-refractivity contribution in [3.63, 3.8) is 0 Å². The van der Waals surface area contributed by atoms with Gasteiger partial charge in [-0.25, -0.2) is 0 Å². The number of rotatable bonds is 4. The molecule has 2 fully saturated rings. The van der Waals surface area contributed by atoms with Gasteiger partial charge in [-0.1, -0.05) is 98.8 Å². The van der Waals surface area contributed by atoms with Gasteiger partial charge in [0, 0.05) is 12.5 Å². The third-order valence-corrected chi connectivity index (χ3v) is 9.83. The summed E-state index contributed by atoms with van der Waals surface area (Å²) in [5, 5.41) is 0. The molecular formula is C35H39N2+. The summed E-state index contributed by atoms with van der Waals surface area (Å²) in [6.07, 6.45) is 11.9. The molecule has 0 amide bonds. The largest absolute Gasteiger partial charge is 0.270 e. The minimum atomic E-state index is -0.101. The smallest absolute Gasteiger partial charge is 0.196 e. The zero-order valence-corrected chi connectivity index (χ0v) is 22.4. The zero-order chi connectivity index (χ0) is 25.0. The highest BCUT2D eigenvalue weighted by Crippen LogP contribution is 2.56. The second-order valence-corrected chi connectivity index (χ2v) is 11.8. The van der Waals surface area contributed by atoms with Crippen LogP contribution in [0, 0.1) is 19.8 Å². The number of imidazole rings is 1. The van der Waals surface area contributed by atoms with Gasteiger partial charge in [0.1, 0.15) is 11.4 Å². The van der Waals surface area contributed by atoms with Crippen LogP contribution in [0.3, 0.4) is 0 Å². The fourth-order valence-corrected chi connectivity index (χ4v) is 8.33. The molecule has 2 saturated carbocycles. The first-order valence-electron chi connectivity index (χ1n) is 14.6. The van der Waals surface area contributed by atoms with Gasteiger partial charge in [0.05, 0.1) is 11.3 Å². The molecular weight excluding hydrogens is 448 g/mol. The Labute approximate surface area is 222 Å². The lowest BCUT2D eigenvalue weighted by atomic mass is 9.63. The third kappa shape index (κ3) is 3.27. The van der Waals surface area contributed by atoms with Crippen LogP contribution in [-0.4, -0.2) is 4.57 Å². The van der Waals surface area contributed by atoms with E-state index in [2.05, 4.69) is 102 Å². The standard InChI is InChI=1S/C35H39N2/c1-25-15-9-13-23-31(25)36-26(2)33-35(29-20-10-11-21-29,28-18-7-4-8-19-28)30-22-12-14-24-32(30)37(33)34(36)27-16-5-3-6-17-27/h4,7-9,12-15,18-19,22-24,27,29H,3,5-6,10-11,16-17,20-21H2,1-2H3/q+1. The van der Waals surface area contributed by atoms with E-state index in [1.165, 1.54) is 103 Å². The van der Waals surface area contributed by atoms with Crippen LogP contribution in [-0.2, 0) is 5.41 Å². The second-order valence-electron chi connectivity index (χ2n) is 11.8. The highest BCUT2D eigenvalue weighted by molar-refractivity contribution is 5.60. The molecule has 7 rings (SSSR count). The maximum Gasteiger partial charge on any atom is 0.270 e. The SMILES string of the molecule is Cc1ccccc1-n1c(C)c2[n+](c1C1CCCCC1)-c1ccccc1C2(c1ccccc1)C1CCCC1. The number of benzene rings is 3. The van der Waals surface area contributed by atoms with Crippen LogP contribution in [0.4, 0.5) is 0 Å². The highest BCUT2D eigenvalue weighted by Gasteiger charge is 2.58. The van der Waals surface area contributed by atoms with Gasteiger partial charge in [0.2, 0.25) is 0 Å². The van der Waals surface area contributed by atoms with Gasteiger partial charge in [-0.3, -0.25) is 0 Å². The van der Waals surface area contributed by atoms with Gasteiger partial charge in [-0.05, 0) is 61.8 Å².